The quantitative estimate of drug-likeness (QED) is 0.742. The predicted octanol–water partition coefficient (Wildman–Crippen LogP) is 3.53. The van der Waals surface area contributed by atoms with Crippen LogP contribution in [-0.4, -0.2) is 73.9 Å². The Morgan fingerprint density at radius 1 is 1.13 bits per heavy atom. The molecule has 0 saturated carbocycles. The summed E-state index contributed by atoms with van der Waals surface area (Å²) in [6, 6.07) is 8.14. The van der Waals surface area contributed by atoms with Crippen molar-refractivity contribution in [2.75, 3.05) is 57.8 Å². The Labute approximate surface area is 193 Å². The zero-order chi connectivity index (χ0) is 21.4. The maximum atomic E-state index is 6.70. The molecule has 166 valence electrons. The highest BCUT2D eigenvalue weighted by molar-refractivity contribution is 7.16. The van der Waals surface area contributed by atoms with Gasteiger partial charge < -0.3 is 20.4 Å². The van der Waals surface area contributed by atoms with Crippen molar-refractivity contribution in [3.05, 3.63) is 45.3 Å². The van der Waals surface area contributed by atoms with Gasteiger partial charge in [0, 0.05) is 56.3 Å². The molecule has 0 aliphatic carbocycles. The highest BCUT2D eigenvalue weighted by Crippen LogP contribution is 2.43. The van der Waals surface area contributed by atoms with Crippen molar-refractivity contribution in [3.8, 4) is 0 Å². The fraction of sp³-hybridized carbons (Fsp3) is 0.522. The van der Waals surface area contributed by atoms with Gasteiger partial charge in [0.15, 0.2) is 0 Å². The summed E-state index contributed by atoms with van der Waals surface area (Å²) in [5.41, 5.74) is 10.6. The standard InChI is InChI=1S/C23H31ClN6S/c1-27-10-7-17-20(15-27)31-23-21(17)22(25)30(16-26-23)9-4-8-28-11-13-29(14-12-28)19-6-3-2-5-18(19)24/h2-3,5-6,16,22H,4,7-15,25H2,1H3. The van der Waals surface area contributed by atoms with Crippen molar-refractivity contribution >= 4 is 40.0 Å². The molecule has 0 amide bonds. The van der Waals surface area contributed by atoms with Gasteiger partial charge in [-0.15, -0.1) is 11.3 Å². The Hall–Kier alpha value is -1.64. The van der Waals surface area contributed by atoms with Gasteiger partial charge in [-0.2, -0.15) is 0 Å². The molecule has 3 aliphatic heterocycles. The van der Waals surface area contributed by atoms with Crippen LogP contribution in [0, 0.1) is 0 Å². The number of fused-ring (bicyclic) bond motifs is 3. The Bertz CT molecular complexity index is 952. The van der Waals surface area contributed by atoms with Crippen LogP contribution in [0.15, 0.2) is 29.3 Å². The molecule has 0 bridgehead atoms. The second-order valence-corrected chi connectivity index (χ2v) is 10.3. The minimum absolute atomic E-state index is 0.0621. The van der Waals surface area contributed by atoms with E-state index in [1.54, 1.807) is 0 Å². The second-order valence-electron chi connectivity index (χ2n) is 8.77. The molecule has 1 saturated heterocycles. The fourth-order valence-electron chi connectivity index (χ4n) is 4.90. The minimum Gasteiger partial charge on any atom is -0.368 e. The number of rotatable bonds is 5. The van der Waals surface area contributed by atoms with E-state index in [4.69, 9.17) is 22.3 Å². The van der Waals surface area contributed by atoms with E-state index < -0.39 is 0 Å². The van der Waals surface area contributed by atoms with Crippen LogP contribution >= 0.6 is 22.9 Å². The highest BCUT2D eigenvalue weighted by atomic mass is 35.5. The lowest BCUT2D eigenvalue weighted by molar-refractivity contribution is 0.234. The van der Waals surface area contributed by atoms with E-state index in [0.717, 1.165) is 80.9 Å². The summed E-state index contributed by atoms with van der Waals surface area (Å²) in [7, 11) is 2.19. The molecule has 2 aromatic rings. The summed E-state index contributed by atoms with van der Waals surface area (Å²) in [6.07, 6.45) is 4.09. The first-order valence-electron chi connectivity index (χ1n) is 11.2. The van der Waals surface area contributed by atoms with E-state index in [0.29, 0.717) is 0 Å². The number of nitrogens with two attached hydrogens (primary N) is 1. The van der Waals surface area contributed by atoms with E-state index in [-0.39, 0.29) is 6.17 Å². The third kappa shape index (κ3) is 4.34. The van der Waals surface area contributed by atoms with E-state index in [9.17, 15) is 0 Å². The number of likely N-dealkylation sites (N-methyl/N-ethyl adjacent to an activating group) is 1. The molecule has 31 heavy (non-hydrogen) atoms. The maximum Gasteiger partial charge on any atom is 0.124 e. The molecule has 6 nitrogen and oxygen atoms in total. The van der Waals surface area contributed by atoms with Crippen LogP contribution in [0.5, 0.6) is 0 Å². The van der Waals surface area contributed by atoms with E-state index in [1.807, 2.05) is 29.8 Å². The summed E-state index contributed by atoms with van der Waals surface area (Å²) in [5, 5.41) is 1.97. The number of para-hydroxylation sites is 1. The first kappa shape index (κ1) is 21.2. The third-order valence-electron chi connectivity index (χ3n) is 6.70. The van der Waals surface area contributed by atoms with Crippen LogP contribution in [0.25, 0.3) is 0 Å². The Morgan fingerprint density at radius 2 is 1.94 bits per heavy atom. The summed E-state index contributed by atoms with van der Waals surface area (Å²) >= 11 is 8.19. The number of piperazine rings is 1. The number of nitrogens with zero attached hydrogens (tertiary/aromatic N) is 5. The third-order valence-corrected chi connectivity index (χ3v) is 8.16. The molecule has 0 radical (unpaired) electrons. The van der Waals surface area contributed by atoms with E-state index in [1.165, 1.54) is 16.0 Å². The second kappa shape index (κ2) is 9.08. The van der Waals surface area contributed by atoms with Crippen LogP contribution in [-0.2, 0) is 13.0 Å². The molecule has 3 aliphatic rings. The van der Waals surface area contributed by atoms with Gasteiger partial charge >= 0.3 is 0 Å². The van der Waals surface area contributed by atoms with E-state index in [2.05, 4.69) is 38.8 Å². The smallest absolute Gasteiger partial charge is 0.124 e. The minimum atomic E-state index is -0.0621. The molecule has 4 heterocycles. The summed E-state index contributed by atoms with van der Waals surface area (Å²) in [6.45, 7) is 8.34. The van der Waals surface area contributed by atoms with Crippen molar-refractivity contribution < 1.29 is 0 Å². The molecule has 1 unspecified atom stereocenters. The van der Waals surface area contributed by atoms with Crippen LogP contribution in [0.4, 0.5) is 10.7 Å². The van der Waals surface area contributed by atoms with Gasteiger partial charge in [0.1, 0.15) is 11.2 Å². The van der Waals surface area contributed by atoms with Crippen LogP contribution in [0.2, 0.25) is 5.02 Å². The first-order valence-corrected chi connectivity index (χ1v) is 12.4. The molecular weight excluding hydrogens is 428 g/mol. The van der Waals surface area contributed by atoms with Gasteiger partial charge in [0.25, 0.3) is 0 Å². The lowest BCUT2D eigenvalue weighted by Crippen LogP contribution is -2.47. The molecule has 2 N–H and O–H groups in total. The Kier molecular flexibility index (Phi) is 6.21. The van der Waals surface area contributed by atoms with Gasteiger partial charge in [-0.3, -0.25) is 4.90 Å². The SMILES string of the molecule is CN1CCc2c(sc3c2C(N)N(CCCN2CCN(c4ccccc4Cl)CC2)C=N3)C1. The van der Waals surface area contributed by atoms with Crippen molar-refractivity contribution in [1.82, 2.24) is 14.7 Å². The molecule has 1 atom stereocenters. The van der Waals surface area contributed by atoms with Gasteiger partial charge in [-0.25, -0.2) is 4.99 Å². The van der Waals surface area contributed by atoms with Crippen LogP contribution < -0.4 is 10.6 Å². The van der Waals surface area contributed by atoms with Crippen LogP contribution in [0.1, 0.15) is 28.6 Å². The largest absolute Gasteiger partial charge is 0.368 e. The lowest BCUT2D eigenvalue weighted by atomic mass is 10.00. The van der Waals surface area contributed by atoms with Gasteiger partial charge in [-0.1, -0.05) is 23.7 Å². The average Bonchev–Trinajstić information content (AvgIpc) is 3.14. The Morgan fingerprint density at radius 3 is 2.74 bits per heavy atom. The highest BCUT2D eigenvalue weighted by Gasteiger charge is 2.30. The number of anilines is 1. The zero-order valence-electron chi connectivity index (χ0n) is 18.1. The van der Waals surface area contributed by atoms with Crippen LogP contribution in [0.3, 0.4) is 0 Å². The monoisotopic (exact) mass is 458 g/mol. The number of thiophene rings is 1. The summed E-state index contributed by atoms with van der Waals surface area (Å²) in [5.74, 6) is 0. The number of hydrogen-bond acceptors (Lipinski definition) is 7. The number of halogens is 1. The molecule has 1 aromatic carbocycles. The number of aliphatic imine (C=N–C) groups is 1. The molecule has 8 heteroatoms. The van der Waals surface area contributed by atoms with Crippen molar-refractivity contribution in [1.29, 1.82) is 0 Å². The average molecular weight is 459 g/mol. The van der Waals surface area contributed by atoms with Crippen molar-refractivity contribution in [2.45, 2.75) is 25.6 Å². The normalized spacial score (nSPS) is 22.0. The van der Waals surface area contributed by atoms with Crippen molar-refractivity contribution in [2.24, 2.45) is 10.7 Å². The topological polar surface area (TPSA) is 51.3 Å². The van der Waals surface area contributed by atoms with Gasteiger partial charge in [0.05, 0.1) is 17.0 Å². The molecule has 0 spiro atoms. The molecule has 1 fully saturated rings. The van der Waals surface area contributed by atoms with E-state index >= 15 is 0 Å². The molecule has 1 aromatic heterocycles. The summed E-state index contributed by atoms with van der Waals surface area (Å²) < 4.78 is 0. The van der Waals surface area contributed by atoms with Crippen molar-refractivity contribution in [3.63, 3.8) is 0 Å². The fourth-order valence-corrected chi connectivity index (χ4v) is 6.46. The van der Waals surface area contributed by atoms with Gasteiger partial charge in [-0.05, 0) is 44.1 Å². The zero-order valence-corrected chi connectivity index (χ0v) is 19.7. The maximum absolute atomic E-state index is 6.70. The number of hydrogen-bond donors (Lipinski definition) is 1. The number of benzene rings is 1. The molecule has 5 rings (SSSR count). The lowest BCUT2D eigenvalue weighted by Gasteiger charge is -2.37. The summed E-state index contributed by atoms with van der Waals surface area (Å²) in [4.78, 5) is 15.8. The predicted molar refractivity (Wildman–Crippen MR) is 131 cm³/mol. The molecular formula is C23H31ClN6S. The van der Waals surface area contributed by atoms with Gasteiger partial charge in [0.2, 0.25) is 0 Å². The Balaban J connectivity index is 1.13. The first-order chi connectivity index (χ1) is 15.1.